The average Bonchev–Trinajstić information content (AvgIpc) is 2.98. The van der Waals surface area contributed by atoms with Crippen LogP contribution in [0, 0.1) is 6.92 Å². The average molecular weight is 376 g/mol. The zero-order valence-electron chi connectivity index (χ0n) is 14.6. The molecule has 1 aliphatic carbocycles. The summed E-state index contributed by atoms with van der Waals surface area (Å²) < 4.78 is 35.4. The van der Waals surface area contributed by atoms with E-state index in [4.69, 9.17) is 9.15 Å². The van der Waals surface area contributed by atoms with E-state index in [1.165, 1.54) is 12.1 Å². The van der Waals surface area contributed by atoms with Gasteiger partial charge in [0.1, 0.15) is 5.76 Å². The maximum Gasteiger partial charge on any atom is 0.374 e. The summed E-state index contributed by atoms with van der Waals surface area (Å²) in [6, 6.07) is 8.02. The number of furan rings is 1. The molecule has 26 heavy (non-hydrogen) atoms. The van der Waals surface area contributed by atoms with Gasteiger partial charge in [0.15, 0.2) is 0 Å². The van der Waals surface area contributed by atoms with Gasteiger partial charge in [-0.05, 0) is 38.8 Å². The number of rotatable bonds is 5. The summed E-state index contributed by atoms with van der Waals surface area (Å²) in [5.41, 5.74) is 1.87. The summed E-state index contributed by atoms with van der Waals surface area (Å²) in [5, 5.41) is 4.12. The number of carbonyl (C=O) groups excluding carboxylic acids is 1. The molecule has 0 saturated carbocycles. The van der Waals surface area contributed by atoms with E-state index in [0.717, 1.165) is 6.42 Å². The van der Waals surface area contributed by atoms with Crippen molar-refractivity contribution in [3.05, 3.63) is 53.0 Å². The van der Waals surface area contributed by atoms with Gasteiger partial charge in [-0.25, -0.2) is 4.79 Å². The van der Waals surface area contributed by atoms with Gasteiger partial charge in [0.05, 0.1) is 17.2 Å². The fraction of sp³-hybridized carbons (Fsp3) is 0.333. The van der Waals surface area contributed by atoms with Gasteiger partial charge in [0.2, 0.25) is 5.76 Å². The zero-order chi connectivity index (χ0) is 18.7. The Morgan fingerprint density at radius 1 is 1.27 bits per heavy atom. The number of aryl methyl sites for hydroxylation is 1. The maximum atomic E-state index is 12.4. The van der Waals surface area contributed by atoms with Gasteiger partial charge in [0, 0.05) is 17.5 Å². The van der Waals surface area contributed by atoms with Gasteiger partial charge in [-0.2, -0.15) is 18.4 Å². The molecule has 0 aliphatic heterocycles. The summed E-state index contributed by atoms with van der Waals surface area (Å²) >= 11 is 0. The van der Waals surface area contributed by atoms with Crippen molar-refractivity contribution in [3.8, 4) is 0 Å². The second kappa shape index (κ2) is 7.33. The lowest BCUT2D eigenvalue weighted by Gasteiger charge is -2.14. The molecule has 0 spiro atoms. The first-order valence-corrected chi connectivity index (χ1v) is 9.85. The van der Waals surface area contributed by atoms with Crippen LogP contribution in [0.25, 0.3) is 0 Å². The third-order valence-electron chi connectivity index (χ3n) is 4.14. The number of fused-ring (bicyclic) bond motifs is 1. The SMILES string of the molecule is CCOC(=O)c1oc2c(c1C)/C(=N/NS(=O)(=O)c1ccccc1)CCC2. The Hall–Kier alpha value is -2.61. The predicted octanol–water partition coefficient (Wildman–Crippen LogP) is 2.78. The first kappa shape index (κ1) is 18.2. The minimum Gasteiger partial charge on any atom is -0.460 e. The molecule has 7 nitrogen and oxygen atoms in total. The van der Waals surface area contributed by atoms with Gasteiger partial charge in [-0.1, -0.05) is 18.2 Å². The van der Waals surface area contributed by atoms with E-state index in [0.29, 0.717) is 35.4 Å². The van der Waals surface area contributed by atoms with E-state index in [2.05, 4.69) is 9.93 Å². The smallest absolute Gasteiger partial charge is 0.374 e. The zero-order valence-corrected chi connectivity index (χ0v) is 15.4. The van der Waals surface area contributed by atoms with Crippen molar-refractivity contribution in [2.75, 3.05) is 6.61 Å². The Labute approximate surface area is 152 Å². The second-order valence-corrected chi connectivity index (χ2v) is 7.56. The minimum atomic E-state index is -3.75. The quantitative estimate of drug-likeness (QED) is 0.639. The fourth-order valence-electron chi connectivity index (χ4n) is 2.94. The number of hydrogen-bond acceptors (Lipinski definition) is 6. The fourth-order valence-corrected chi connectivity index (χ4v) is 3.79. The lowest BCUT2D eigenvalue weighted by atomic mass is 9.93. The van der Waals surface area contributed by atoms with Crippen molar-refractivity contribution in [2.45, 2.75) is 38.0 Å². The third kappa shape index (κ3) is 3.50. The van der Waals surface area contributed by atoms with Gasteiger partial charge >= 0.3 is 5.97 Å². The number of hydrogen-bond donors (Lipinski definition) is 1. The molecule has 0 bridgehead atoms. The summed E-state index contributed by atoms with van der Waals surface area (Å²) in [6.45, 7) is 3.73. The van der Waals surface area contributed by atoms with Crippen molar-refractivity contribution in [2.24, 2.45) is 5.10 Å². The van der Waals surface area contributed by atoms with Crippen LogP contribution in [0.2, 0.25) is 0 Å². The minimum absolute atomic E-state index is 0.136. The number of nitrogens with one attached hydrogen (secondary N) is 1. The van der Waals surface area contributed by atoms with E-state index < -0.39 is 16.0 Å². The number of carbonyl (C=O) groups is 1. The number of sulfonamides is 1. The molecular weight excluding hydrogens is 356 g/mol. The maximum absolute atomic E-state index is 12.4. The summed E-state index contributed by atoms with van der Waals surface area (Å²) in [5.74, 6) is 0.260. The lowest BCUT2D eigenvalue weighted by molar-refractivity contribution is 0.0487. The Morgan fingerprint density at radius 3 is 2.69 bits per heavy atom. The highest BCUT2D eigenvalue weighted by molar-refractivity contribution is 7.89. The van der Waals surface area contributed by atoms with E-state index in [-0.39, 0.29) is 17.3 Å². The normalized spacial score (nSPS) is 15.5. The molecular formula is C18H20N2O5S. The van der Waals surface area contributed by atoms with Crippen LogP contribution >= 0.6 is 0 Å². The van der Waals surface area contributed by atoms with Crippen LogP contribution in [-0.2, 0) is 21.2 Å². The largest absolute Gasteiger partial charge is 0.460 e. The van der Waals surface area contributed by atoms with Crippen LogP contribution in [0.1, 0.15) is 47.2 Å². The van der Waals surface area contributed by atoms with E-state index in [1.54, 1.807) is 32.0 Å². The second-order valence-electron chi connectivity index (χ2n) is 5.89. The molecule has 0 fully saturated rings. The molecule has 2 aromatic rings. The molecule has 0 atom stereocenters. The third-order valence-corrected chi connectivity index (χ3v) is 5.37. The van der Waals surface area contributed by atoms with Crippen molar-refractivity contribution in [3.63, 3.8) is 0 Å². The van der Waals surface area contributed by atoms with Crippen molar-refractivity contribution < 1.29 is 22.4 Å². The molecule has 1 aliphatic rings. The van der Waals surface area contributed by atoms with E-state index in [1.807, 2.05) is 0 Å². The van der Waals surface area contributed by atoms with Crippen molar-refractivity contribution in [1.82, 2.24) is 4.83 Å². The Kier molecular flexibility index (Phi) is 5.13. The monoisotopic (exact) mass is 376 g/mol. The predicted molar refractivity (Wildman–Crippen MR) is 95.6 cm³/mol. The summed E-state index contributed by atoms with van der Waals surface area (Å²) in [7, 11) is -3.75. The van der Waals surface area contributed by atoms with Crippen LogP contribution in [0.3, 0.4) is 0 Å². The van der Waals surface area contributed by atoms with Crippen LogP contribution in [0.5, 0.6) is 0 Å². The molecule has 8 heteroatoms. The number of nitrogens with zero attached hydrogens (tertiary/aromatic N) is 1. The molecule has 1 N–H and O–H groups in total. The highest BCUT2D eigenvalue weighted by atomic mass is 32.2. The molecule has 1 heterocycles. The first-order valence-electron chi connectivity index (χ1n) is 8.37. The molecule has 1 aromatic heterocycles. The Balaban J connectivity index is 1.92. The highest BCUT2D eigenvalue weighted by Crippen LogP contribution is 2.30. The topological polar surface area (TPSA) is 98.0 Å². The molecule has 3 rings (SSSR count). The molecule has 0 amide bonds. The first-order chi connectivity index (χ1) is 12.4. The van der Waals surface area contributed by atoms with Crippen LogP contribution in [0.4, 0.5) is 0 Å². The lowest BCUT2D eigenvalue weighted by Crippen LogP contribution is -2.22. The van der Waals surface area contributed by atoms with Crippen LogP contribution < -0.4 is 4.83 Å². The summed E-state index contributed by atoms with van der Waals surface area (Å²) in [6.07, 6.45) is 2.01. The van der Waals surface area contributed by atoms with Gasteiger partial charge in [-0.15, -0.1) is 0 Å². The van der Waals surface area contributed by atoms with Crippen molar-refractivity contribution in [1.29, 1.82) is 0 Å². The highest BCUT2D eigenvalue weighted by Gasteiger charge is 2.29. The number of hydrazone groups is 1. The standard InChI is InChI=1S/C18H20N2O5S/c1-3-24-18(21)17-12(2)16-14(10-7-11-15(16)25-17)19-20-26(22,23)13-8-5-4-6-9-13/h4-6,8-9,20H,3,7,10-11H2,1-2H3/b19-14+. The van der Waals surface area contributed by atoms with Gasteiger partial charge < -0.3 is 9.15 Å². The van der Waals surface area contributed by atoms with Gasteiger partial charge in [-0.3, -0.25) is 0 Å². The number of benzene rings is 1. The molecule has 1 aromatic carbocycles. The molecule has 0 saturated heterocycles. The molecule has 0 unspecified atom stereocenters. The van der Waals surface area contributed by atoms with Crippen molar-refractivity contribution >= 4 is 21.7 Å². The van der Waals surface area contributed by atoms with Crippen LogP contribution in [-0.4, -0.2) is 26.7 Å². The van der Waals surface area contributed by atoms with E-state index in [9.17, 15) is 13.2 Å². The van der Waals surface area contributed by atoms with E-state index >= 15 is 0 Å². The summed E-state index contributed by atoms with van der Waals surface area (Å²) in [4.78, 5) is 14.4. The van der Waals surface area contributed by atoms with Gasteiger partial charge in [0.25, 0.3) is 10.0 Å². The Morgan fingerprint density at radius 2 is 2.00 bits per heavy atom. The number of esters is 1. The molecule has 138 valence electrons. The Bertz CT molecular complexity index is 945. The van der Waals surface area contributed by atoms with Crippen LogP contribution in [0.15, 0.2) is 44.7 Å². The molecule has 0 radical (unpaired) electrons. The number of ether oxygens (including phenoxy) is 1.